The molecule has 0 aliphatic carbocycles. The summed E-state index contributed by atoms with van der Waals surface area (Å²) in [5.41, 5.74) is 0.348. The van der Waals surface area contributed by atoms with Crippen molar-refractivity contribution in [3.63, 3.8) is 0 Å². The first kappa shape index (κ1) is 17.3. The Hall–Kier alpha value is -1.52. The molecule has 24 heavy (non-hydrogen) atoms. The van der Waals surface area contributed by atoms with Gasteiger partial charge in [-0.3, -0.25) is 4.79 Å². The van der Waals surface area contributed by atoms with Crippen molar-refractivity contribution in [2.24, 2.45) is 0 Å². The summed E-state index contributed by atoms with van der Waals surface area (Å²) in [6, 6.07) is 5.65. The summed E-state index contributed by atoms with van der Waals surface area (Å²) in [5.74, 6) is -0.445. The number of hydrogen-bond acceptors (Lipinski definition) is 5. The maximum Gasteiger partial charge on any atom is 0.280 e. The van der Waals surface area contributed by atoms with Gasteiger partial charge in [0.25, 0.3) is 10.2 Å². The van der Waals surface area contributed by atoms with Gasteiger partial charge in [0, 0.05) is 18.1 Å². The predicted octanol–water partition coefficient (Wildman–Crippen LogP) is 2.01. The van der Waals surface area contributed by atoms with E-state index in [0.717, 1.165) is 9.18 Å². The first-order valence-electron chi connectivity index (χ1n) is 7.08. The number of anilines is 1. The van der Waals surface area contributed by atoms with Crippen molar-refractivity contribution in [2.75, 3.05) is 12.4 Å². The highest BCUT2D eigenvalue weighted by atomic mass is 35.5. The van der Waals surface area contributed by atoms with Crippen LogP contribution in [0.2, 0.25) is 5.15 Å². The standard InChI is InChI=1S/C14H15ClN4O3S2/c1-19-11(14(20)17-9-4-2-6-16-13(9)15)8-10(18-24(19,21)22)12-5-3-7-23-12/h2-7,10-11,18H,8H2,1H3,(H,17,20)/t10-,11+/m0/s1. The first-order chi connectivity index (χ1) is 11.4. The number of halogens is 1. The Labute approximate surface area is 148 Å². The van der Waals surface area contributed by atoms with Crippen LogP contribution in [-0.4, -0.2) is 36.7 Å². The molecule has 0 radical (unpaired) electrons. The minimum atomic E-state index is -3.75. The third kappa shape index (κ3) is 3.45. The molecule has 2 atom stereocenters. The van der Waals surface area contributed by atoms with Crippen LogP contribution in [0.25, 0.3) is 0 Å². The number of carbonyl (C=O) groups excluding carboxylic acids is 1. The molecule has 0 unspecified atom stereocenters. The molecule has 7 nitrogen and oxygen atoms in total. The normalized spacial score (nSPS) is 23.8. The number of amides is 1. The molecule has 1 aliphatic rings. The minimum Gasteiger partial charge on any atom is -0.322 e. The summed E-state index contributed by atoms with van der Waals surface area (Å²) in [6.45, 7) is 0. The molecule has 128 valence electrons. The van der Waals surface area contributed by atoms with Gasteiger partial charge in [0.2, 0.25) is 5.91 Å². The van der Waals surface area contributed by atoms with E-state index in [9.17, 15) is 13.2 Å². The fraction of sp³-hybridized carbons (Fsp3) is 0.286. The van der Waals surface area contributed by atoms with Gasteiger partial charge in [0.15, 0.2) is 5.15 Å². The van der Waals surface area contributed by atoms with E-state index in [1.54, 1.807) is 12.1 Å². The molecule has 1 fully saturated rings. The van der Waals surface area contributed by atoms with Gasteiger partial charge in [0.1, 0.15) is 6.04 Å². The average molecular weight is 387 g/mol. The molecule has 0 aromatic carbocycles. The van der Waals surface area contributed by atoms with E-state index in [2.05, 4.69) is 15.0 Å². The van der Waals surface area contributed by atoms with Gasteiger partial charge < -0.3 is 5.32 Å². The van der Waals surface area contributed by atoms with Crippen LogP contribution in [0.1, 0.15) is 17.3 Å². The van der Waals surface area contributed by atoms with Gasteiger partial charge >= 0.3 is 0 Å². The lowest BCUT2D eigenvalue weighted by atomic mass is 10.1. The van der Waals surface area contributed by atoms with Crippen LogP contribution in [-0.2, 0) is 15.0 Å². The van der Waals surface area contributed by atoms with E-state index < -0.39 is 28.2 Å². The lowest BCUT2D eigenvalue weighted by molar-refractivity contribution is -0.120. The molecule has 1 amide bonds. The molecular weight excluding hydrogens is 372 g/mol. The zero-order chi connectivity index (χ0) is 17.3. The predicted molar refractivity (Wildman–Crippen MR) is 93.2 cm³/mol. The maximum atomic E-state index is 12.6. The number of likely N-dealkylation sites (N-methyl/N-ethyl adjacent to an activating group) is 1. The Balaban J connectivity index is 1.84. The first-order valence-corrected chi connectivity index (χ1v) is 9.78. The smallest absolute Gasteiger partial charge is 0.280 e. The highest BCUT2D eigenvalue weighted by molar-refractivity contribution is 7.87. The molecule has 1 aliphatic heterocycles. The van der Waals surface area contributed by atoms with Crippen LogP contribution in [0, 0.1) is 0 Å². The molecule has 2 N–H and O–H groups in total. The quantitative estimate of drug-likeness (QED) is 0.789. The number of aromatic nitrogens is 1. The molecule has 0 bridgehead atoms. The SMILES string of the molecule is CN1[C@@H](C(=O)Nc2cccnc2Cl)C[C@@H](c2cccs2)NS1(=O)=O. The van der Waals surface area contributed by atoms with E-state index >= 15 is 0 Å². The Morgan fingerprint density at radius 2 is 2.25 bits per heavy atom. The van der Waals surface area contributed by atoms with Gasteiger partial charge in [-0.1, -0.05) is 17.7 Å². The molecule has 3 rings (SSSR count). The van der Waals surface area contributed by atoms with E-state index in [0.29, 0.717) is 12.1 Å². The van der Waals surface area contributed by atoms with Crippen LogP contribution < -0.4 is 10.0 Å². The second-order valence-corrected chi connectivity index (χ2v) is 8.39. The van der Waals surface area contributed by atoms with Crippen molar-refractivity contribution in [3.05, 3.63) is 45.9 Å². The molecule has 0 spiro atoms. The number of rotatable bonds is 3. The highest BCUT2D eigenvalue weighted by Gasteiger charge is 2.41. The van der Waals surface area contributed by atoms with Crippen molar-refractivity contribution in [1.82, 2.24) is 14.0 Å². The van der Waals surface area contributed by atoms with Crippen LogP contribution in [0.3, 0.4) is 0 Å². The minimum absolute atomic E-state index is 0.153. The van der Waals surface area contributed by atoms with Gasteiger partial charge in [0.05, 0.1) is 11.7 Å². The second-order valence-electron chi connectivity index (χ2n) is 5.29. The maximum absolute atomic E-state index is 12.6. The zero-order valence-electron chi connectivity index (χ0n) is 12.6. The Morgan fingerprint density at radius 3 is 2.92 bits per heavy atom. The summed E-state index contributed by atoms with van der Waals surface area (Å²) in [4.78, 5) is 17.4. The number of pyridine rings is 1. The van der Waals surface area contributed by atoms with Crippen LogP contribution in [0.4, 0.5) is 5.69 Å². The third-order valence-corrected chi connectivity index (χ3v) is 6.66. The van der Waals surface area contributed by atoms with E-state index in [4.69, 9.17) is 11.6 Å². The molecule has 0 saturated carbocycles. The highest BCUT2D eigenvalue weighted by Crippen LogP contribution is 2.31. The Kier molecular flexibility index (Phi) is 4.88. The summed E-state index contributed by atoms with van der Waals surface area (Å²) >= 11 is 7.38. The molecule has 1 saturated heterocycles. The summed E-state index contributed by atoms with van der Waals surface area (Å²) in [7, 11) is -2.38. The summed E-state index contributed by atoms with van der Waals surface area (Å²) < 4.78 is 28.3. The lowest BCUT2D eigenvalue weighted by Crippen LogP contribution is -2.55. The largest absolute Gasteiger partial charge is 0.322 e. The van der Waals surface area contributed by atoms with Crippen molar-refractivity contribution in [1.29, 1.82) is 0 Å². The molecule has 3 heterocycles. The van der Waals surface area contributed by atoms with E-state index in [1.807, 2.05) is 17.5 Å². The number of thiophene rings is 1. The second kappa shape index (κ2) is 6.77. The van der Waals surface area contributed by atoms with Gasteiger partial charge in [-0.15, -0.1) is 11.3 Å². The third-order valence-electron chi connectivity index (χ3n) is 3.77. The van der Waals surface area contributed by atoms with Gasteiger partial charge in [-0.25, -0.2) is 4.98 Å². The van der Waals surface area contributed by atoms with E-state index in [-0.39, 0.29) is 5.15 Å². The summed E-state index contributed by atoms with van der Waals surface area (Å²) in [6.07, 6.45) is 1.83. The van der Waals surface area contributed by atoms with Crippen LogP contribution >= 0.6 is 22.9 Å². The molecule has 10 heteroatoms. The van der Waals surface area contributed by atoms with Crippen molar-refractivity contribution < 1.29 is 13.2 Å². The van der Waals surface area contributed by atoms with Crippen molar-refractivity contribution in [3.8, 4) is 0 Å². The molecule has 2 aromatic rings. The van der Waals surface area contributed by atoms with Gasteiger partial charge in [-0.05, 0) is 30.0 Å². The van der Waals surface area contributed by atoms with Crippen LogP contribution in [0.15, 0.2) is 35.8 Å². The fourth-order valence-electron chi connectivity index (χ4n) is 2.48. The monoisotopic (exact) mass is 386 g/mol. The Bertz CT molecular complexity index is 841. The fourth-order valence-corrected chi connectivity index (χ4v) is 4.78. The number of nitrogens with zero attached hydrogens (tertiary/aromatic N) is 2. The van der Waals surface area contributed by atoms with E-state index in [1.165, 1.54) is 24.6 Å². The van der Waals surface area contributed by atoms with Crippen molar-refractivity contribution in [2.45, 2.75) is 18.5 Å². The van der Waals surface area contributed by atoms with Crippen molar-refractivity contribution >= 4 is 44.7 Å². The number of hydrogen-bond donors (Lipinski definition) is 2. The van der Waals surface area contributed by atoms with Crippen LogP contribution in [0.5, 0.6) is 0 Å². The lowest BCUT2D eigenvalue weighted by Gasteiger charge is -2.35. The Morgan fingerprint density at radius 1 is 1.46 bits per heavy atom. The topological polar surface area (TPSA) is 91.4 Å². The summed E-state index contributed by atoms with van der Waals surface area (Å²) in [5, 5.41) is 4.67. The zero-order valence-corrected chi connectivity index (χ0v) is 15.0. The molecule has 2 aromatic heterocycles. The molecular formula is C14H15ClN4O3S2. The number of carbonyl (C=O) groups is 1. The average Bonchev–Trinajstić information content (AvgIpc) is 3.06. The number of nitrogens with one attached hydrogen (secondary N) is 2. The van der Waals surface area contributed by atoms with Gasteiger partial charge in [-0.2, -0.15) is 17.4 Å².